The van der Waals surface area contributed by atoms with Gasteiger partial charge >= 0.3 is 6.61 Å². The Bertz CT molecular complexity index is 569. The lowest BCUT2D eigenvalue weighted by Crippen LogP contribution is -2.22. The summed E-state index contributed by atoms with van der Waals surface area (Å²) in [6.45, 7) is 2.97. The highest BCUT2D eigenvalue weighted by Gasteiger charge is 2.15. The van der Waals surface area contributed by atoms with Crippen LogP contribution in [0.5, 0.6) is 5.75 Å². The fraction of sp³-hybridized carbons (Fsp3) is 0.400. The predicted molar refractivity (Wildman–Crippen MR) is 74.3 cm³/mol. The summed E-state index contributed by atoms with van der Waals surface area (Å²) >= 11 is 0. The number of rotatable bonds is 6. The molecule has 1 heterocycles. The quantitative estimate of drug-likeness (QED) is 0.875. The fourth-order valence-electron chi connectivity index (χ4n) is 2.05. The first-order valence-corrected chi connectivity index (χ1v) is 6.69. The molecule has 6 heteroatoms. The SMILES string of the molecule is Cc1cnc(C(C)NC(C)c2ccc(OC(F)F)cc2)o1. The van der Waals surface area contributed by atoms with Crippen molar-refractivity contribution in [2.75, 3.05) is 0 Å². The molecule has 0 saturated carbocycles. The van der Waals surface area contributed by atoms with Crippen LogP contribution in [-0.4, -0.2) is 11.6 Å². The average Bonchev–Trinajstić information content (AvgIpc) is 2.85. The molecule has 1 aromatic carbocycles. The van der Waals surface area contributed by atoms with Crippen LogP contribution in [-0.2, 0) is 0 Å². The van der Waals surface area contributed by atoms with E-state index in [4.69, 9.17) is 4.42 Å². The van der Waals surface area contributed by atoms with Crippen LogP contribution in [0.15, 0.2) is 34.9 Å². The van der Waals surface area contributed by atoms with E-state index in [0.717, 1.165) is 11.3 Å². The molecular weight excluding hydrogens is 278 g/mol. The van der Waals surface area contributed by atoms with Crippen molar-refractivity contribution in [1.29, 1.82) is 0 Å². The molecule has 2 rings (SSSR count). The molecule has 0 radical (unpaired) electrons. The van der Waals surface area contributed by atoms with Gasteiger partial charge in [0.15, 0.2) is 0 Å². The van der Waals surface area contributed by atoms with E-state index >= 15 is 0 Å². The van der Waals surface area contributed by atoms with E-state index in [9.17, 15) is 8.78 Å². The number of ether oxygens (including phenoxy) is 1. The maximum atomic E-state index is 12.1. The predicted octanol–water partition coefficient (Wildman–Crippen LogP) is 4.00. The summed E-state index contributed by atoms with van der Waals surface area (Å²) in [5, 5.41) is 3.34. The van der Waals surface area contributed by atoms with E-state index in [1.165, 1.54) is 12.1 Å². The third-order valence-corrected chi connectivity index (χ3v) is 3.11. The van der Waals surface area contributed by atoms with Gasteiger partial charge in [0.2, 0.25) is 5.89 Å². The van der Waals surface area contributed by atoms with Crippen molar-refractivity contribution in [3.05, 3.63) is 47.7 Å². The van der Waals surface area contributed by atoms with Gasteiger partial charge < -0.3 is 9.15 Å². The molecule has 114 valence electrons. The number of aromatic nitrogens is 1. The molecule has 0 amide bonds. The molecule has 2 atom stereocenters. The molecule has 1 N–H and O–H groups in total. The van der Waals surface area contributed by atoms with Crippen molar-refractivity contribution in [1.82, 2.24) is 10.3 Å². The topological polar surface area (TPSA) is 47.3 Å². The summed E-state index contributed by atoms with van der Waals surface area (Å²) in [6, 6.07) is 6.53. The second-order valence-electron chi connectivity index (χ2n) is 4.87. The Kier molecular flexibility index (Phi) is 4.90. The van der Waals surface area contributed by atoms with Gasteiger partial charge in [-0.3, -0.25) is 5.32 Å². The van der Waals surface area contributed by atoms with Gasteiger partial charge in [-0.15, -0.1) is 0 Å². The molecule has 0 aliphatic rings. The van der Waals surface area contributed by atoms with Crippen LogP contribution in [0.1, 0.15) is 43.1 Å². The van der Waals surface area contributed by atoms with Crippen molar-refractivity contribution >= 4 is 0 Å². The Morgan fingerprint density at radius 2 is 1.81 bits per heavy atom. The number of hydrogen-bond donors (Lipinski definition) is 1. The number of nitrogens with one attached hydrogen (secondary N) is 1. The number of benzene rings is 1. The minimum atomic E-state index is -2.81. The first-order chi connectivity index (χ1) is 9.95. The lowest BCUT2D eigenvalue weighted by atomic mass is 10.1. The number of alkyl halides is 2. The van der Waals surface area contributed by atoms with Crippen LogP contribution in [0, 0.1) is 6.92 Å². The summed E-state index contributed by atoms with van der Waals surface area (Å²) in [7, 11) is 0. The van der Waals surface area contributed by atoms with Gasteiger partial charge in [0, 0.05) is 6.04 Å². The van der Waals surface area contributed by atoms with E-state index in [-0.39, 0.29) is 17.8 Å². The van der Waals surface area contributed by atoms with Crippen LogP contribution in [0.4, 0.5) is 8.78 Å². The Morgan fingerprint density at radius 3 is 2.33 bits per heavy atom. The Labute approximate surface area is 122 Å². The van der Waals surface area contributed by atoms with Gasteiger partial charge in [0.05, 0.1) is 12.2 Å². The maximum absolute atomic E-state index is 12.1. The molecule has 21 heavy (non-hydrogen) atoms. The van der Waals surface area contributed by atoms with Crippen LogP contribution in [0.3, 0.4) is 0 Å². The summed E-state index contributed by atoms with van der Waals surface area (Å²) < 4.78 is 34.0. The summed E-state index contributed by atoms with van der Waals surface area (Å²) in [6.07, 6.45) is 1.68. The van der Waals surface area contributed by atoms with E-state index < -0.39 is 6.61 Å². The van der Waals surface area contributed by atoms with E-state index in [0.29, 0.717) is 5.89 Å². The monoisotopic (exact) mass is 296 g/mol. The first kappa shape index (κ1) is 15.4. The lowest BCUT2D eigenvalue weighted by molar-refractivity contribution is -0.0498. The molecule has 2 aromatic rings. The van der Waals surface area contributed by atoms with Crippen molar-refractivity contribution in [2.45, 2.75) is 39.5 Å². The number of oxazole rings is 1. The minimum Gasteiger partial charge on any atom is -0.444 e. The zero-order valence-corrected chi connectivity index (χ0v) is 12.1. The standard InChI is InChI=1S/C15H18F2N2O2/c1-9-8-18-14(20-9)11(3)19-10(2)12-4-6-13(7-5-12)21-15(16)17/h4-8,10-11,15,19H,1-3H3. The lowest BCUT2D eigenvalue weighted by Gasteiger charge is -2.18. The third-order valence-electron chi connectivity index (χ3n) is 3.11. The van der Waals surface area contributed by atoms with Gasteiger partial charge in [-0.05, 0) is 38.5 Å². The Balaban J connectivity index is 1.98. The molecule has 0 spiro atoms. The number of nitrogens with zero attached hydrogens (tertiary/aromatic N) is 1. The molecule has 4 nitrogen and oxygen atoms in total. The summed E-state index contributed by atoms with van der Waals surface area (Å²) in [5.74, 6) is 1.54. The van der Waals surface area contributed by atoms with Crippen molar-refractivity contribution in [2.24, 2.45) is 0 Å². The summed E-state index contributed by atoms with van der Waals surface area (Å²) in [4.78, 5) is 4.18. The summed E-state index contributed by atoms with van der Waals surface area (Å²) in [5.41, 5.74) is 0.965. The third kappa shape index (κ3) is 4.26. The largest absolute Gasteiger partial charge is 0.444 e. The minimum absolute atomic E-state index is 0.0211. The fourth-order valence-corrected chi connectivity index (χ4v) is 2.05. The van der Waals surface area contributed by atoms with Gasteiger partial charge in [-0.1, -0.05) is 12.1 Å². The van der Waals surface area contributed by atoms with Gasteiger partial charge in [-0.2, -0.15) is 8.78 Å². The van der Waals surface area contributed by atoms with Gasteiger partial charge in [0.25, 0.3) is 0 Å². The van der Waals surface area contributed by atoms with Crippen LogP contribution in [0.25, 0.3) is 0 Å². The van der Waals surface area contributed by atoms with Gasteiger partial charge in [-0.25, -0.2) is 4.98 Å². The number of halogens is 2. The molecule has 0 fully saturated rings. The van der Waals surface area contributed by atoms with E-state index in [1.54, 1.807) is 18.3 Å². The maximum Gasteiger partial charge on any atom is 0.387 e. The van der Waals surface area contributed by atoms with Crippen LogP contribution < -0.4 is 10.1 Å². The smallest absolute Gasteiger partial charge is 0.387 e. The molecule has 1 aromatic heterocycles. The Hall–Kier alpha value is -1.95. The second kappa shape index (κ2) is 6.67. The molecule has 0 saturated heterocycles. The highest BCUT2D eigenvalue weighted by molar-refractivity contribution is 5.29. The second-order valence-corrected chi connectivity index (χ2v) is 4.87. The molecule has 0 aliphatic carbocycles. The number of hydrogen-bond acceptors (Lipinski definition) is 4. The molecule has 0 bridgehead atoms. The molecular formula is C15H18F2N2O2. The van der Waals surface area contributed by atoms with Crippen molar-refractivity contribution in [3.63, 3.8) is 0 Å². The zero-order chi connectivity index (χ0) is 15.4. The normalized spacial score (nSPS) is 14.2. The molecule has 2 unspecified atom stereocenters. The highest BCUT2D eigenvalue weighted by atomic mass is 19.3. The average molecular weight is 296 g/mol. The first-order valence-electron chi connectivity index (χ1n) is 6.69. The van der Waals surface area contributed by atoms with E-state index in [2.05, 4.69) is 15.0 Å². The van der Waals surface area contributed by atoms with E-state index in [1.807, 2.05) is 20.8 Å². The zero-order valence-electron chi connectivity index (χ0n) is 12.1. The van der Waals surface area contributed by atoms with Gasteiger partial charge in [0.1, 0.15) is 11.5 Å². The van der Waals surface area contributed by atoms with Crippen LogP contribution >= 0.6 is 0 Å². The van der Waals surface area contributed by atoms with Crippen LogP contribution in [0.2, 0.25) is 0 Å². The van der Waals surface area contributed by atoms with Crippen molar-refractivity contribution in [3.8, 4) is 5.75 Å². The van der Waals surface area contributed by atoms with Crippen molar-refractivity contribution < 1.29 is 17.9 Å². The molecule has 0 aliphatic heterocycles. The Morgan fingerprint density at radius 1 is 1.14 bits per heavy atom. The number of aryl methyl sites for hydroxylation is 1. The highest BCUT2D eigenvalue weighted by Crippen LogP contribution is 2.22.